The molecule has 0 saturated carbocycles. The second-order valence-corrected chi connectivity index (χ2v) is 4.42. The van der Waals surface area contributed by atoms with Gasteiger partial charge in [0.1, 0.15) is 6.33 Å². The van der Waals surface area contributed by atoms with E-state index in [-0.39, 0.29) is 5.90 Å². The van der Waals surface area contributed by atoms with Crippen LogP contribution in [0, 0.1) is 5.41 Å². The molecule has 1 aromatic carbocycles. The quantitative estimate of drug-likeness (QED) is 0.526. The maximum absolute atomic E-state index is 7.61. The first-order chi connectivity index (χ1) is 8.29. The molecular weight excluding hydrogens is 236 g/mol. The van der Waals surface area contributed by atoms with Crippen LogP contribution in [0.2, 0.25) is 0 Å². The molecule has 0 saturated heterocycles. The summed E-state index contributed by atoms with van der Waals surface area (Å²) >= 11 is 1.42. The standard InChI is InChI=1S/C11H8N4OS/c1-16-10(12)11-15-8-3-2-7-6(9(8)17-11)4-13-5-14-7/h2-5,12H,1H3. The highest BCUT2D eigenvalue weighted by molar-refractivity contribution is 7.21. The first-order valence-corrected chi connectivity index (χ1v) is 5.73. The number of nitrogens with zero attached hydrogens (tertiary/aromatic N) is 3. The summed E-state index contributed by atoms with van der Waals surface area (Å²) in [5.74, 6) is 0.0798. The number of benzene rings is 1. The highest BCUT2D eigenvalue weighted by Crippen LogP contribution is 2.29. The van der Waals surface area contributed by atoms with Crippen LogP contribution in [0.3, 0.4) is 0 Å². The molecule has 17 heavy (non-hydrogen) atoms. The molecule has 0 aliphatic carbocycles. The lowest BCUT2D eigenvalue weighted by Crippen LogP contribution is -1.99. The summed E-state index contributed by atoms with van der Waals surface area (Å²) in [4.78, 5) is 12.6. The van der Waals surface area contributed by atoms with Crippen LogP contribution in [0.15, 0.2) is 24.7 Å². The van der Waals surface area contributed by atoms with Crippen molar-refractivity contribution in [3.8, 4) is 0 Å². The maximum atomic E-state index is 7.61. The van der Waals surface area contributed by atoms with Gasteiger partial charge in [0.05, 0.1) is 22.8 Å². The number of nitrogens with one attached hydrogen (secondary N) is 1. The summed E-state index contributed by atoms with van der Waals surface area (Å²) in [5, 5.41) is 9.14. The number of aromatic nitrogens is 3. The van der Waals surface area contributed by atoms with Gasteiger partial charge in [-0.3, -0.25) is 5.41 Å². The molecule has 3 aromatic rings. The van der Waals surface area contributed by atoms with Gasteiger partial charge in [0.15, 0.2) is 5.01 Å². The Bertz CT molecular complexity index is 722. The molecule has 5 nitrogen and oxygen atoms in total. The number of fused-ring (bicyclic) bond motifs is 3. The van der Waals surface area contributed by atoms with Crippen molar-refractivity contribution in [3.05, 3.63) is 29.7 Å². The number of rotatable bonds is 1. The topological polar surface area (TPSA) is 71.8 Å². The number of hydrogen-bond donors (Lipinski definition) is 1. The molecule has 2 heterocycles. The highest BCUT2D eigenvalue weighted by atomic mass is 32.1. The Morgan fingerprint density at radius 3 is 3.00 bits per heavy atom. The van der Waals surface area contributed by atoms with E-state index >= 15 is 0 Å². The van der Waals surface area contributed by atoms with Gasteiger partial charge in [-0.05, 0) is 12.1 Å². The monoisotopic (exact) mass is 244 g/mol. The molecule has 0 amide bonds. The van der Waals surface area contributed by atoms with Crippen LogP contribution in [-0.4, -0.2) is 28.0 Å². The van der Waals surface area contributed by atoms with Crippen LogP contribution in [-0.2, 0) is 4.74 Å². The second kappa shape index (κ2) is 3.74. The van der Waals surface area contributed by atoms with Crippen molar-refractivity contribution in [1.82, 2.24) is 15.0 Å². The van der Waals surface area contributed by atoms with E-state index in [2.05, 4.69) is 15.0 Å². The van der Waals surface area contributed by atoms with E-state index in [0.29, 0.717) is 5.01 Å². The van der Waals surface area contributed by atoms with Gasteiger partial charge in [-0.1, -0.05) is 0 Å². The van der Waals surface area contributed by atoms with Crippen molar-refractivity contribution in [2.24, 2.45) is 0 Å². The van der Waals surface area contributed by atoms with E-state index in [1.807, 2.05) is 12.1 Å². The van der Waals surface area contributed by atoms with Gasteiger partial charge < -0.3 is 4.74 Å². The molecule has 0 spiro atoms. The van der Waals surface area contributed by atoms with Crippen LogP contribution < -0.4 is 0 Å². The molecule has 0 aliphatic heterocycles. The second-order valence-electron chi connectivity index (χ2n) is 3.42. The molecule has 1 N–H and O–H groups in total. The minimum absolute atomic E-state index is 0.0798. The van der Waals surface area contributed by atoms with Crippen LogP contribution in [0.25, 0.3) is 21.1 Å². The van der Waals surface area contributed by atoms with Crippen molar-refractivity contribution in [1.29, 1.82) is 5.41 Å². The third-order valence-electron chi connectivity index (χ3n) is 2.44. The predicted molar refractivity (Wildman–Crippen MR) is 66.6 cm³/mol. The first kappa shape index (κ1) is 10.1. The summed E-state index contributed by atoms with van der Waals surface area (Å²) in [7, 11) is 1.47. The van der Waals surface area contributed by atoms with Gasteiger partial charge in [0, 0.05) is 11.6 Å². The zero-order valence-electron chi connectivity index (χ0n) is 8.97. The lowest BCUT2D eigenvalue weighted by Gasteiger charge is -1.94. The van der Waals surface area contributed by atoms with Crippen LogP contribution in [0.4, 0.5) is 0 Å². The fourth-order valence-corrected chi connectivity index (χ4v) is 2.63. The molecule has 3 rings (SSSR count). The number of thiazole rings is 1. The third-order valence-corrected chi connectivity index (χ3v) is 3.54. The SMILES string of the molecule is COC(=N)c1nc2ccc3ncncc3c2s1. The minimum atomic E-state index is 0.0798. The Kier molecular flexibility index (Phi) is 2.22. The Hall–Kier alpha value is -2.08. The molecular formula is C11H8N4OS. The summed E-state index contributed by atoms with van der Waals surface area (Å²) in [5.41, 5.74) is 1.72. The average molecular weight is 244 g/mol. The van der Waals surface area contributed by atoms with Crippen molar-refractivity contribution in [2.75, 3.05) is 7.11 Å². The van der Waals surface area contributed by atoms with Gasteiger partial charge in [0.25, 0.3) is 0 Å². The Balaban J connectivity index is 2.35. The van der Waals surface area contributed by atoms with Gasteiger partial charge in [-0.15, -0.1) is 11.3 Å². The van der Waals surface area contributed by atoms with E-state index < -0.39 is 0 Å². The fourth-order valence-electron chi connectivity index (χ4n) is 1.63. The molecule has 6 heteroatoms. The largest absolute Gasteiger partial charge is 0.479 e. The van der Waals surface area contributed by atoms with E-state index in [1.54, 1.807) is 6.20 Å². The molecule has 0 atom stereocenters. The van der Waals surface area contributed by atoms with Gasteiger partial charge in [-0.2, -0.15) is 0 Å². The van der Waals surface area contributed by atoms with E-state index in [1.165, 1.54) is 24.8 Å². The molecule has 0 radical (unpaired) electrons. The number of hydrogen-bond acceptors (Lipinski definition) is 6. The maximum Gasteiger partial charge on any atom is 0.242 e. The lowest BCUT2D eigenvalue weighted by molar-refractivity contribution is 0.401. The zero-order valence-corrected chi connectivity index (χ0v) is 9.78. The average Bonchev–Trinajstić information content (AvgIpc) is 2.82. The summed E-state index contributed by atoms with van der Waals surface area (Å²) in [6, 6.07) is 3.80. The zero-order chi connectivity index (χ0) is 11.8. The molecule has 0 bridgehead atoms. The lowest BCUT2D eigenvalue weighted by atomic mass is 10.2. The van der Waals surface area contributed by atoms with Crippen LogP contribution >= 0.6 is 11.3 Å². The smallest absolute Gasteiger partial charge is 0.242 e. The Labute approximate surface area is 101 Å². The van der Waals surface area contributed by atoms with Gasteiger partial charge in [-0.25, -0.2) is 15.0 Å². The Morgan fingerprint density at radius 1 is 1.35 bits per heavy atom. The van der Waals surface area contributed by atoms with E-state index in [9.17, 15) is 0 Å². The molecule has 0 fully saturated rings. The van der Waals surface area contributed by atoms with Crippen LogP contribution in [0.5, 0.6) is 0 Å². The molecule has 0 aliphatic rings. The highest BCUT2D eigenvalue weighted by Gasteiger charge is 2.11. The molecule has 84 valence electrons. The van der Waals surface area contributed by atoms with Crippen molar-refractivity contribution < 1.29 is 4.74 Å². The molecule has 0 unspecified atom stereocenters. The minimum Gasteiger partial charge on any atom is -0.479 e. The van der Waals surface area contributed by atoms with E-state index in [0.717, 1.165) is 21.1 Å². The summed E-state index contributed by atoms with van der Waals surface area (Å²) in [6.07, 6.45) is 3.29. The van der Waals surface area contributed by atoms with Gasteiger partial charge >= 0.3 is 0 Å². The predicted octanol–water partition coefficient (Wildman–Crippen LogP) is 2.21. The fraction of sp³-hybridized carbons (Fsp3) is 0.0909. The van der Waals surface area contributed by atoms with Crippen molar-refractivity contribution in [2.45, 2.75) is 0 Å². The third kappa shape index (κ3) is 1.53. The normalized spacial score (nSPS) is 10.9. The summed E-state index contributed by atoms with van der Waals surface area (Å²) < 4.78 is 5.86. The Morgan fingerprint density at radius 2 is 2.18 bits per heavy atom. The van der Waals surface area contributed by atoms with Crippen molar-refractivity contribution >= 4 is 38.4 Å². The van der Waals surface area contributed by atoms with Crippen LogP contribution in [0.1, 0.15) is 5.01 Å². The van der Waals surface area contributed by atoms with E-state index in [4.69, 9.17) is 10.1 Å². The first-order valence-electron chi connectivity index (χ1n) is 4.92. The summed E-state index contributed by atoms with van der Waals surface area (Å²) in [6.45, 7) is 0. The number of ether oxygens (including phenoxy) is 1. The van der Waals surface area contributed by atoms with Gasteiger partial charge in [0.2, 0.25) is 5.90 Å². The molecule has 2 aromatic heterocycles. The number of methoxy groups -OCH3 is 1. The van der Waals surface area contributed by atoms with Crippen molar-refractivity contribution in [3.63, 3.8) is 0 Å².